The van der Waals surface area contributed by atoms with Gasteiger partial charge in [0, 0.05) is 61.5 Å². The number of hydrogen-bond donors (Lipinski definition) is 0. The van der Waals surface area contributed by atoms with Crippen molar-refractivity contribution in [3.8, 4) is 0 Å². The molecule has 0 spiro atoms. The molecule has 0 aromatic heterocycles. The predicted molar refractivity (Wildman–Crippen MR) is 121 cm³/mol. The molecule has 0 unspecified atom stereocenters. The molecule has 2 aromatic carbocycles. The van der Waals surface area contributed by atoms with E-state index in [2.05, 4.69) is 0 Å². The van der Waals surface area contributed by atoms with Crippen LogP contribution in [0, 0.1) is 0 Å². The zero-order valence-corrected chi connectivity index (χ0v) is 17.9. The predicted octanol–water partition coefficient (Wildman–Crippen LogP) is 3.46. The largest absolute Gasteiger partial charge is 0.336 e. The normalized spacial score (nSPS) is 16.9. The van der Waals surface area contributed by atoms with Crippen LogP contribution in [0.3, 0.4) is 0 Å². The van der Waals surface area contributed by atoms with Crippen LogP contribution in [0.2, 0.25) is 5.02 Å². The summed E-state index contributed by atoms with van der Waals surface area (Å²) < 4.78 is 0. The van der Waals surface area contributed by atoms with Gasteiger partial charge in [0.15, 0.2) is 0 Å². The minimum Gasteiger partial charge on any atom is -0.336 e. The minimum absolute atomic E-state index is 0.0455. The van der Waals surface area contributed by atoms with Crippen LogP contribution < -0.4 is 4.90 Å². The Labute approximate surface area is 186 Å². The van der Waals surface area contributed by atoms with E-state index in [0.717, 1.165) is 24.2 Å². The third-order valence-electron chi connectivity index (χ3n) is 5.67. The standard InChI is InChI=1S/C24H24ClN3O3/c25-20-8-6-19(7-9-20)24(31)27-16-14-26(15-17-27)22(29)12-5-18-3-10-21(11-4-18)28-13-1-2-23(28)30/h3-12H,1-2,13-17H2/b12-5+. The van der Waals surface area contributed by atoms with Gasteiger partial charge in [0.1, 0.15) is 0 Å². The van der Waals surface area contributed by atoms with Crippen LogP contribution in [0.1, 0.15) is 28.8 Å². The third-order valence-corrected chi connectivity index (χ3v) is 5.92. The van der Waals surface area contributed by atoms with Crippen LogP contribution in [-0.2, 0) is 9.59 Å². The number of hydrogen-bond acceptors (Lipinski definition) is 3. The molecule has 6 nitrogen and oxygen atoms in total. The number of piperazine rings is 1. The van der Waals surface area contributed by atoms with E-state index in [1.165, 1.54) is 0 Å². The molecule has 160 valence electrons. The van der Waals surface area contributed by atoms with Crippen molar-refractivity contribution in [3.63, 3.8) is 0 Å². The highest BCUT2D eigenvalue weighted by Gasteiger charge is 2.24. The minimum atomic E-state index is -0.0719. The molecule has 31 heavy (non-hydrogen) atoms. The lowest BCUT2D eigenvalue weighted by molar-refractivity contribution is -0.127. The van der Waals surface area contributed by atoms with Crippen molar-refractivity contribution in [2.45, 2.75) is 12.8 Å². The van der Waals surface area contributed by atoms with Crippen LogP contribution in [0.15, 0.2) is 54.6 Å². The number of amides is 3. The van der Waals surface area contributed by atoms with E-state index in [1.54, 1.807) is 51.1 Å². The number of anilines is 1. The van der Waals surface area contributed by atoms with Gasteiger partial charge in [-0.3, -0.25) is 14.4 Å². The van der Waals surface area contributed by atoms with E-state index in [0.29, 0.717) is 43.2 Å². The zero-order chi connectivity index (χ0) is 21.8. The van der Waals surface area contributed by atoms with Gasteiger partial charge in [-0.1, -0.05) is 23.7 Å². The van der Waals surface area contributed by atoms with E-state index in [4.69, 9.17) is 11.6 Å². The van der Waals surface area contributed by atoms with Crippen LogP contribution in [0.5, 0.6) is 0 Å². The lowest BCUT2D eigenvalue weighted by atomic mass is 10.1. The fourth-order valence-electron chi connectivity index (χ4n) is 3.86. The summed E-state index contributed by atoms with van der Waals surface area (Å²) in [5.41, 5.74) is 2.40. The van der Waals surface area contributed by atoms with Gasteiger partial charge in [-0.25, -0.2) is 0 Å². The van der Waals surface area contributed by atoms with Gasteiger partial charge in [-0.05, 0) is 54.5 Å². The molecule has 7 heteroatoms. The summed E-state index contributed by atoms with van der Waals surface area (Å²) in [6.07, 6.45) is 4.85. The first-order valence-electron chi connectivity index (χ1n) is 10.4. The summed E-state index contributed by atoms with van der Waals surface area (Å²) >= 11 is 5.88. The SMILES string of the molecule is O=C(/C=C/c1ccc(N2CCCC2=O)cc1)N1CCN(C(=O)c2ccc(Cl)cc2)CC1. The molecular weight excluding hydrogens is 414 g/mol. The molecule has 0 saturated carbocycles. The van der Waals surface area contributed by atoms with E-state index in [1.807, 2.05) is 24.3 Å². The van der Waals surface area contributed by atoms with Gasteiger partial charge in [-0.15, -0.1) is 0 Å². The second kappa shape index (κ2) is 9.35. The monoisotopic (exact) mass is 437 g/mol. The molecule has 0 bridgehead atoms. The smallest absolute Gasteiger partial charge is 0.253 e. The van der Waals surface area contributed by atoms with Crippen molar-refractivity contribution in [1.82, 2.24) is 9.80 Å². The number of nitrogens with zero attached hydrogens (tertiary/aromatic N) is 3. The maximum absolute atomic E-state index is 12.6. The molecular formula is C24H24ClN3O3. The molecule has 2 aliphatic heterocycles. The molecule has 2 aliphatic rings. The summed E-state index contributed by atoms with van der Waals surface area (Å²) in [4.78, 5) is 42.3. The van der Waals surface area contributed by atoms with E-state index >= 15 is 0 Å². The Balaban J connectivity index is 1.29. The fourth-order valence-corrected chi connectivity index (χ4v) is 3.99. The average Bonchev–Trinajstić information content (AvgIpc) is 3.24. The quantitative estimate of drug-likeness (QED) is 0.688. The molecule has 0 atom stereocenters. The lowest BCUT2D eigenvalue weighted by Gasteiger charge is -2.34. The van der Waals surface area contributed by atoms with Gasteiger partial charge < -0.3 is 14.7 Å². The highest BCUT2D eigenvalue weighted by molar-refractivity contribution is 6.30. The molecule has 2 heterocycles. The van der Waals surface area contributed by atoms with Gasteiger partial charge >= 0.3 is 0 Å². The van der Waals surface area contributed by atoms with Crippen molar-refractivity contribution in [1.29, 1.82) is 0 Å². The van der Waals surface area contributed by atoms with E-state index in [9.17, 15) is 14.4 Å². The first kappa shape index (κ1) is 21.1. The van der Waals surface area contributed by atoms with E-state index < -0.39 is 0 Å². The van der Waals surface area contributed by atoms with Crippen molar-refractivity contribution < 1.29 is 14.4 Å². The second-order valence-electron chi connectivity index (χ2n) is 7.70. The van der Waals surface area contributed by atoms with E-state index in [-0.39, 0.29) is 17.7 Å². The molecule has 3 amide bonds. The van der Waals surface area contributed by atoms with Crippen LogP contribution in [-0.4, -0.2) is 60.2 Å². The van der Waals surface area contributed by atoms with Crippen LogP contribution >= 0.6 is 11.6 Å². The number of benzene rings is 2. The summed E-state index contributed by atoms with van der Waals surface area (Å²) in [7, 11) is 0. The Morgan fingerprint density at radius 1 is 0.839 bits per heavy atom. The van der Waals surface area contributed by atoms with Gasteiger partial charge in [0.25, 0.3) is 5.91 Å². The molecule has 4 rings (SSSR count). The average molecular weight is 438 g/mol. The summed E-state index contributed by atoms with van der Waals surface area (Å²) in [5, 5.41) is 0.595. The maximum atomic E-state index is 12.6. The first-order chi connectivity index (χ1) is 15.0. The summed E-state index contributed by atoms with van der Waals surface area (Å²) in [5.74, 6) is 0.0421. The number of carbonyl (C=O) groups is 3. The number of rotatable bonds is 4. The molecule has 0 aliphatic carbocycles. The zero-order valence-electron chi connectivity index (χ0n) is 17.2. The Kier molecular flexibility index (Phi) is 6.37. The summed E-state index contributed by atoms with van der Waals surface area (Å²) in [6, 6.07) is 14.5. The van der Waals surface area contributed by atoms with Gasteiger partial charge in [-0.2, -0.15) is 0 Å². The number of carbonyl (C=O) groups excluding carboxylic acids is 3. The lowest BCUT2D eigenvalue weighted by Crippen LogP contribution is -2.50. The van der Waals surface area contributed by atoms with Crippen molar-refractivity contribution in [2.24, 2.45) is 0 Å². The molecule has 2 saturated heterocycles. The first-order valence-corrected chi connectivity index (χ1v) is 10.8. The maximum Gasteiger partial charge on any atom is 0.253 e. The highest BCUT2D eigenvalue weighted by Crippen LogP contribution is 2.22. The Morgan fingerprint density at radius 3 is 2.10 bits per heavy atom. The van der Waals surface area contributed by atoms with Crippen molar-refractivity contribution >= 4 is 41.1 Å². The van der Waals surface area contributed by atoms with Gasteiger partial charge in [0.2, 0.25) is 11.8 Å². The molecule has 0 radical (unpaired) electrons. The fraction of sp³-hybridized carbons (Fsp3) is 0.292. The van der Waals surface area contributed by atoms with Crippen LogP contribution in [0.4, 0.5) is 5.69 Å². The van der Waals surface area contributed by atoms with Crippen LogP contribution in [0.25, 0.3) is 6.08 Å². The second-order valence-corrected chi connectivity index (χ2v) is 8.13. The Morgan fingerprint density at radius 2 is 1.48 bits per heavy atom. The van der Waals surface area contributed by atoms with Crippen molar-refractivity contribution in [2.75, 3.05) is 37.6 Å². The third kappa shape index (κ3) is 4.97. The van der Waals surface area contributed by atoms with Gasteiger partial charge in [0.05, 0.1) is 0 Å². The topological polar surface area (TPSA) is 60.9 Å². The summed E-state index contributed by atoms with van der Waals surface area (Å²) in [6.45, 7) is 2.76. The highest BCUT2D eigenvalue weighted by atomic mass is 35.5. The Bertz CT molecular complexity index is 994. The molecule has 0 N–H and O–H groups in total. The molecule has 2 aromatic rings. The molecule has 2 fully saturated rings. The van der Waals surface area contributed by atoms with Crippen molar-refractivity contribution in [3.05, 3.63) is 70.8 Å². The Hall–Kier alpha value is -3.12. The number of halogens is 1.